The lowest BCUT2D eigenvalue weighted by Gasteiger charge is -2.25. The number of hydrogen-bond donors (Lipinski definition) is 1. The Hall–Kier alpha value is -0.300. The summed E-state index contributed by atoms with van der Waals surface area (Å²) >= 11 is 0. The van der Waals surface area contributed by atoms with E-state index in [4.69, 9.17) is 0 Å². The van der Waals surface area contributed by atoms with Gasteiger partial charge < -0.3 is 5.11 Å². The van der Waals surface area contributed by atoms with Crippen LogP contribution >= 0.6 is 0 Å². The molecule has 0 bridgehead atoms. The van der Waals surface area contributed by atoms with Crippen molar-refractivity contribution >= 4 is 0 Å². The summed E-state index contributed by atoms with van der Waals surface area (Å²) in [5.41, 5.74) is 0.0705. The van der Waals surface area contributed by atoms with Crippen molar-refractivity contribution in [3.05, 3.63) is 12.7 Å². The van der Waals surface area contributed by atoms with E-state index in [9.17, 15) is 5.11 Å². The van der Waals surface area contributed by atoms with Gasteiger partial charge in [-0.05, 0) is 18.3 Å². The van der Waals surface area contributed by atoms with E-state index in [-0.39, 0.29) is 12.0 Å². The molecule has 0 saturated carbocycles. The standard InChI is InChI=1S/C19H38O/c1-4-6-7-8-9-10-11-12-13-14-15-17-19(3,18-20)16-5-2/h5,20H,2,4,6-18H2,1,3H3. The fourth-order valence-electron chi connectivity index (χ4n) is 2.81. The topological polar surface area (TPSA) is 20.2 Å². The highest BCUT2D eigenvalue weighted by molar-refractivity contribution is 4.82. The maximum atomic E-state index is 9.43. The summed E-state index contributed by atoms with van der Waals surface area (Å²) in [5, 5.41) is 9.43. The highest BCUT2D eigenvalue weighted by Crippen LogP contribution is 2.28. The molecule has 0 fully saturated rings. The summed E-state index contributed by atoms with van der Waals surface area (Å²) in [6, 6.07) is 0. The molecule has 1 heteroatoms. The monoisotopic (exact) mass is 282 g/mol. The van der Waals surface area contributed by atoms with E-state index in [0.717, 1.165) is 12.8 Å². The predicted octanol–water partition coefficient (Wildman–Crippen LogP) is 6.26. The molecule has 0 radical (unpaired) electrons. The van der Waals surface area contributed by atoms with Gasteiger partial charge in [0.2, 0.25) is 0 Å². The van der Waals surface area contributed by atoms with Gasteiger partial charge in [-0.1, -0.05) is 90.6 Å². The second kappa shape index (κ2) is 13.7. The number of rotatable bonds is 15. The third-order valence-electron chi connectivity index (χ3n) is 4.40. The van der Waals surface area contributed by atoms with Crippen LogP contribution in [-0.4, -0.2) is 11.7 Å². The van der Waals surface area contributed by atoms with Gasteiger partial charge in [0.05, 0.1) is 0 Å². The van der Waals surface area contributed by atoms with Crippen LogP contribution in [0.4, 0.5) is 0 Å². The van der Waals surface area contributed by atoms with Crippen LogP contribution in [0, 0.1) is 5.41 Å². The molecule has 120 valence electrons. The molecule has 0 heterocycles. The lowest BCUT2D eigenvalue weighted by Crippen LogP contribution is -2.20. The first kappa shape index (κ1) is 19.7. The van der Waals surface area contributed by atoms with Gasteiger partial charge in [-0.2, -0.15) is 0 Å². The minimum atomic E-state index is 0.0705. The largest absolute Gasteiger partial charge is 0.396 e. The maximum absolute atomic E-state index is 9.43. The van der Waals surface area contributed by atoms with E-state index in [1.54, 1.807) is 0 Å². The molecule has 1 nitrogen and oxygen atoms in total. The first-order chi connectivity index (χ1) is 9.68. The van der Waals surface area contributed by atoms with E-state index in [1.807, 2.05) is 6.08 Å². The average Bonchev–Trinajstić information content (AvgIpc) is 2.45. The van der Waals surface area contributed by atoms with Crippen LogP contribution in [0.15, 0.2) is 12.7 Å². The molecule has 0 aromatic carbocycles. The Bertz CT molecular complexity index is 212. The number of allylic oxidation sites excluding steroid dienone is 1. The zero-order chi connectivity index (χ0) is 15.1. The van der Waals surface area contributed by atoms with Gasteiger partial charge in [0, 0.05) is 6.61 Å². The van der Waals surface area contributed by atoms with E-state index in [2.05, 4.69) is 20.4 Å². The van der Waals surface area contributed by atoms with E-state index >= 15 is 0 Å². The molecule has 0 rings (SSSR count). The first-order valence-corrected chi connectivity index (χ1v) is 8.90. The highest BCUT2D eigenvalue weighted by Gasteiger charge is 2.20. The Morgan fingerprint density at radius 1 is 0.850 bits per heavy atom. The van der Waals surface area contributed by atoms with Crippen molar-refractivity contribution in [3.63, 3.8) is 0 Å². The molecule has 20 heavy (non-hydrogen) atoms. The van der Waals surface area contributed by atoms with Gasteiger partial charge in [0.1, 0.15) is 0 Å². The molecule has 1 N–H and O–H groups in total. The fourth-order valence-corrected chi connectivity index (χ4v) is 2.81. The molecule has 0 aliphatic carbocycles. The molecule has 0 saturated heterocycles. The average molecular weight is 283 g/mol. The van der Waals surface area contributed by atoms with Gasteiger partial charge in [0.15, 0.2) is 0 Å². The quantitative estimate of drug-likeness (QED) is 0.277. The maximum Gasteiger partial charge on any atom is 0.0487 e. The number of unbranched alkanes of at least 4 members (excludes halogenated alkanes) is 10. The molecule has 1 unspecified atom stereocenters. The summed E-state index contributed by atoms with van der Waals surface area (Å²) in [7, 11) is 0. The fraction of sp³-hybridized carbons (Fsp3) is 0.895. The van der Waals surface area contributed by atoms with Gasteiger partial charge >= 0.3 is 0 Å². The third kappa shape index (κ3) is 11.5. The second-order valence-corrected chi connectivity index (χ2v) is 6.75. The summed E-state index contributed by atoms with van der Waals surface area (Å²) in [4.78, 5) is 0. The van der Waals surface area contributed by atoms with Gasteiger partial charge in [0.25, 0.3) is 0 Å². The molecule has 1 atom stereocenters. The summed E-state index contributed by atoms with van der Waals surface area (Å²) in [6.07, 6.45) is 19.2. The van der Waals surface area contributed by atoms with Crippen molar-refractivity contribution in [1.29, 1.82) is 0 Å². The Labute approximate surface area is 127 Å². The lowest BCUT2D eigenvalue weighted by atomic mass is 9.82. The Morgan fingerprint density at radius 2 is 1.30 bits per heavy atom. The molecule has 0 spiro atoms. The number of aliphatic hydroxyl groups is 1. The number of aliphatic hydroxyl groups excluding tert-OH is 1. The zero-order valence-corrected chi connectivity index (χ0v) is 14.1. The van der Waals surface area contributed by atoms with Crippen LogP contribution < -0.4 is 0 Å². The van der Waals surface area contributed by atoms with E-state index < -0.39 is 0 Å². The van der Waals surface area contributed by atoms with Crippen molar-refractivity contribution in [2.45, 2.75) is 97.3 Å². The highest BCUT2D eigenvalue weighted by atomic mass is 16.3. The van der Waals surface area contributed by atoms with Crippen molar-refractivity contribution in [2.75, 3.05) is 6.61 Å². The smallest absolute Gasteiger partial charge is 0.0487 e. The molecule has 0 aliphatic heterocycles. The minimum absolute atomic E-state index is 0.0705. The Balaban J connectivity index is 3.29. The molecule has 0 amide bonds. The lowest BCUT2D eigenvalue weighted by molar-refractivity contribution is 0.132. The summed E-state index contributed by atoms with van der Waals surface area (Å²) in [6.45, 7) is 8.52. The summed E-state index contributed by atoms with van der Waals surface area (Å²) in [5.74, 6) is 0. The van der Waals surface area contributed by atoms with E-state index in [1.165, 1.54) is 70.6 Å². The molecule has 0 aromatic heterocycles. The Morgan fingerprint density at radius 3 is 1.70 bits per heavy atom. The van der Waals surface area contributed by atoms with Crippen LogP contribution in [0.3, 0.4) is 0 Å². The van der Waals surface area contributed by atoms with Crippen molar-refractivity contribution in [2.24, 2.45) is 5.41 Å². The minimum Gasteiger partial charge on any atom is -0.396 e. The molecular formula is C19H38O. The number of hydrogen-bond acceptors (Lipinski definition) is 1. The van der Waals surface area contributed by atoms with Crippen molar-refractivity contribution in [3.8, 4) is 0 Å². The van der Waals surface area contributed by atoms with Crippen molar-refractivity contribution < 1.29 is 5.11 Å². The predicted molar refractivity (Wildman–Crippen MR) is 91.1 cm³/mol. The van der Waals surface area contributed by atoms with Crippen LogP contribution in [-0.2, 0) is 0 Å². The van der Waals surface area contributed by atoms with Crippen LogP contribution in [0.1, 0.15) is 97.3 Å². The van der Waals surface area contributed by atoms with Crippen LogP contribution in [0.5, 0.6) is 0 Å². The zero-order valence-electron chi connectivity index (χ0n) is 14.1. The molecular weight excluding hydrogens is 244 g/mol. The first-order valence-electron chi connectivity index (χ1n) is 8.90. The normalized spacial score (nSPS) is 14.2. The third-order valence-corrected chi connectivity index (χ3v) is 4.40. The van der Waals surface area contributed by atoms with Gasteiger partial charge in [-0.3, -0.25) is 0 Å². The van der Waals surface area contributed by atoms with Gasteiger partial charge in [-0.15, -0.1) is 6.58 Å². The second-order valence-electron chi connectivity index (χ2n) is 6.75. The van der Waals surface area contributed by atoms with E-state index in [0.29, 0.717) is 0 Å². The van der Waals surface area contributed by atoms with Crippen molar-refractivity contribution in [1.82, 2.24) is 0 Å². The summed E-state index contributed by atoms with van der Waals surface area (Å²) < 4.78 is 0. The van der Waals surface area contributed by atoms with Crippen LogP contribution in [0.2, 0.25) is 0 Å². The SMILES string of the molecule is C=CCC(C)(CO)CCCCCCCCCCCCC. The van der Waals surface area contributed by atoms with Gasteiger partial charge in [-0.25, -0.2) is 0 Å². The molecule has 0 aromatic rings. The van der Waals surface area contributed by atoms with Crippen LogP contribution in [0.25, 0.3) is 0 Å². The molecule has 0 aliphatic rings. The Kier molecular flexibility index (Phi) is 13.5.